The molecule has 2 fully saturated rings. The SMILES string of the molecule is C=Cc1cc2cc([C@@H](C)NC(=O)[C@@H]3CCCN(C(=O)[C@H](C)NC(=O)[C@@H](OC(=O)[C@H](C)[C@@H](/C=C/C)OC)C(C)C)N3)ccc2cn1.CO[C@@H]1/C=C/c2cc3cc(ccc3cn2)[C@@H](C)NC(=O)[C@@H]2CCCN(N2)C(=O)[C@H](C)NC(=O)[C@H](C(C)C)OC(=O)[C@@H]1C.Cc1ccccc1. The third-order valence-electron chi connectivity index (χ3n) is 16.7. The minimum atomic E-state index is -1.11. The number of amides is 6. The number of fused-ring (bicyclic) bond motifs is 5. The number of cyclic esters (lactones) is 1. The molecule has 8 rings (SSSR count). The highest BCUT2D eigenvalue weighted by Gasteiger charge is 2.38. The summed E-state index contributed by atoms with van der Waals surface area (Å²) in [4.78, 5) is 114. The monoisotopic (exact) mass is 1290 g/mol. The molecule has 3 aliphatic rings. The van der Waals surface area contributed by atoms with Crippen molar-refractivity contribution < 1.29 is 57.3 Å². The van der Waals surface area contributed by atoms with Gasteiger partial charge in [0.25, 0.3) is 23.6 Å². The maximum absolute atomic E-state index is 13.3. The smallest absolute Gasteiger partial charge is 0.312 e. The summed E-state index contributed by atoms with van der Waals surface area (Å²) >= 11 is 0. The molecule has 5 heterocycles. The van der Waals surface area contributed by atoms with Crippen LogP contribution in [0, 0.1) is 30.6 Å². The summed E-state index contributed by atoms with van der Waals surface area (Å²) in [5.74, 6) is -5.59. The molecule has 2 aromatic heterocycles. The van der Waals surface area contributed by atoms with Crippen molar-refractivity contribution in [1.29, 1.82) is 0 Å². The van der Waals surface area contributed by atoms with E-state index in [1.165, 1.54) is 29.8 Å². The van der Waals surface area contributed by atoms with Crippen molar-refractivity contribution in [2.24, 2.45) is 23.7 Å². The van der Waals surface area contributed by atoms with Gasteiger partial charge in [0.2, 0.25) is 11.8 Å². The molecule has 0 radical (unpaired) electrons. The van der Waals surface area contributed by atoms with Crippen LogP contribution in [-0.4, -0.2) is 143 Å². The zero-order valence-corrected chi connectivity index (χ0v) is 56.8. The number of esters is 2. The van der Waals surface area contributed by atoms with Crippen LogP contribution >= 0.6 is 0 Å². The van der Waals surface area contributed by atoms with Gasteiger partial charge in [-0.05, 0) is 151 Å². The van der Waals surface area contributed by atoms with Crippen LogP contribution in [0.5, 0.6) is 0 Å². The van der Waals surface area contributed by atoms with Crippen LogP contribution in [0.15, 0.2) is 116 Å². The Morgan fingerprint density at radius 2 is 1.44 bits per heavy atom. The van der Waals surface area contributed by atoms with Gasteiger partial charge < -0.3 is 40.2 Å². The van der Waals surface area contributed by atoms with Gasteiger partial charge in [-0.25, -0.2) is 10.9 Å². The highest BCUT2D eigenvalue weighted by Crippen LogP contribution is 2.26. The molecule has 506 valence electrons. The first-order chi connectivity index (χ1) is 44.8. The normalized spacial score (nSPS) is 22.5. The highest BCUT2D eigenvalue weighted by molar-refractivity contribution is 5.93. The second-order valence-corrected chi connectivity index (χ2v) is 24.9. The van der Waals surface area contributed by atoms with E-state index in [2.05, 4.69) is 67.7 Å². The van der Waals surface area contributed by atoms with Crippen molar-refractivity contribution in [1.82, 2.24) is 52.1 Å². The Kier molecular flexibility index (Phi) is 28.1. The fraction of sp³-hybridized carbons (Fsp3) is 0.472. The summed E-state index contributed by atoms with van der Waals surface area (Å²) in [6.45, 7) is 25.8. The molecule has 22 nitrogen and oxygen atoms in total. The van der Waals surface area contributed by atoms with E-state index in [0.717, 1.165) is 38.4 Å². The molecule has 2 saturated heterocycles. The maximum atomic E-state index is 13.3. The summed E-state index contributed by atoms with van der Waals surface area (Å²) in [5, 5.41) is 18.1. The zero-order valence-electron chi connectivity index (χ0n) is 56.8. The molecule has 3 aliphatic heterocycles. The Bertz CT molecular complexity index is 3510. The number of allylic oxidation sites excluding steroid dienone is 1. The number of rotatable bonds is 15. The molecule has 0 aliphatic carbocycles. The van der Waals surface area contributed by atoms with E-state index < -0.39 is 90.1 Å². The number of carbonyl (C=O) groups excluding carboxylic acids is 8. The maximum Gasteiger partial charge on any atom is 0.312 e. The molecule has 5 bridgehead atoms. The number of nitrogens with zero attached hydrogens (tertiary/aromatic N) is 4. The van der Waals surface area contributed by atoms with Gasteiger partial charge in [-0.3, -0.25) is 58.3 Å². The molecule has 0 unspecified atom stereocenters. The first-order valence-electron chi connectivity index (χ1n) is 32.3. The summed E-state index contributed by atoms with van der Waals surface area (Å²) in [7, 11) is 3.00. The van der Waals surface area contributed by atoms with Crippen LogP contribution in [0.3, 0.4) is 0 Å². The molecule has 12 atom stereocenters. The molecule has 0 saturated carbocycles. The van der Waals surface area contributed by atoms with Crippen molar-refractivity contribution in [2.45, 2.75) is 169 Å². The summed E-state index contributed by atoms with van der Waals surface area (Å²) in [6.07, 6.45) is 11.3. The van der Waals surface area contributed by atoms with E-state index >= 15 is 0 Å². The molecule has 0 spiro atoms. The van der Waals surface area contributed by atoms with Gasteiger partial charge >= 0.3 is 11.9 Å². The number of pyridine rings is 2. The molecule has 22 heteroatoms. The van der Waals surface area contributed by atoms with Crippen molar-refractivity contribution in [3.05, 3.63) is 144 Å². The summed E-state index contributed by atoms with van der Waals surface area (Å²) < 4.78 is 22.2. The second-order valence-electron chi connectivity index (χ2n) is 24.9. The summed E-state index contributed by atoms with van der Waals surface area (Å²) in [6, 6.07) is 22.4. The fourth-order valence-electron chi connectivity index (χ4n) is 10.9. The lowest BCUT2D eigenvalue weighted by Gasteiger charge is -2.35. The number of hydrogen-bond donors (Lipinski definition) is 6. The first kappa shape index (κ1) is 74.3. The first-order valence-corrected chi connectivity index (χ1v) is 32.3. The van der Waals surface area contributed by atoms with E-state index in [0.29, 0.717) is 44.5 Å². The third kappa shape index (κ3) is 20.6. The van der Waals surface area contributed by atoms with Crippen molar-refractivity contribution in [3.63, 3.8) is 0 Å². The zero-order chi connectivity index (χ0) is 68.9. The quantitative estimate of drug-likeness (QED) is 0.0423. The Balaban J connectivity index is 0.000000269. The number of aromatic nitrogens is 2. The van der Waals surface area contributed by atoms with Gasteiger partial charge in [0.15, 0.2) is 12.2 Å². The standard InChI is InChI=1S/C34H47N5O6.C31H41N5O6.C7H8/c1-9-12-29(44-8)21(5)34(43)45-30(20(3)4)32(41)37-23(7)33(42)39-16-11-13-28(38-39)31(40)36-22(6)24-14-15-25-19-35-27(10-2)18-26(25)17-24;1-17(2)27-29(38)34-20(5)30(39)36-13-7-8-25(35-36)28(37)33-19(4)21-9-10-22-16-32-24(15-23(22)14-21)11-12-26(41-6)18(3)31(40)42-27;1-7-5-3-2-4-6-7/h9-10,12,14-15,17-23,28-30,38H,2,11,13,16H2,1,3-8H3,(H,36,40)(H,37,41);9-12,14-20,25-27,35H,7-8,13H2,1-6H3,(H,33,37)(H,34,38);2-6H,1H3/b12-9+;12-11+;/t21-,22-,23+,28+,29-,30+;18-,19-,20+,25+,26-,27+;/m11./s1. The average molecular weight is 1290 g/mol. The number of benzene rings is 3. The summed E-state index contributed by atoms with van der Waals surface area (Å²) in [5.41, 5.74) is 10.7. The minimum Gasteiger partial charge on any atom is -0.452 e. The molecule has 5 aromatic rings. The highest BCUT2D eigenvalue weighted by atomic mass is 16.6. The Morgan fingerprint density at radius 3 is 2.07 bits per heavy atom. The molecule has 6 amide bonds. The van der Waals surface area contributed by atoms with Gasteiger partial charge in [-0.1, -0.05) is 113 Å². The predicted octanol–water partition coefficient (Wildman–Crippen LogP) is 8.50. The lowest BCUT2D eigenvalue weighted by molar-refractivity contribution is -0.165. The number of ether oxygens (including phenoxy) is 4. The number of hydrogen-bond acceptors (Lipinski definition) is 16. The number of hydrazine groups is 2. The van der Waals surface area contributed by atoms with E-state index in [-0.39, 0.29) is 41.6 Å². The van der Waals surface area contributed by atoms with Crippen LogP contribution in [0.2, 0.25) is 0 Å². The molecule has 6 N–H and O–H groups in total. The third-order valence-corrected chi connectivity index (χ3v) is 16.7. The van der Waals surface area contributed by atoms with Gasteiger partial charge in [0.05, 0.1) is 47.5 Å². The van der Waals surface area contributed by atoms with E-state index in [4.69, 9.17) is 18.9 Å². The Morgan fingerprint density at radius 1 is 0.766 bits per heavy atom. The van der Waals surface area contributed by atoms with Crippen molar-refractivity contribution in [3.8, 4) is 0 Å². The number of methoxy groups -OCH3 is 2. The van der Waals surface area contributed by atoms with Crippen LogP contribution in [0.4, 0.5) is 0 Å². The van der Waals surface area contributed by atoms with Crippen molar-refractivity contribution >= 4 is 81.1 Å². The van der Waals surface area contributed by atoms with E-state index in [1.807, 2.05) is 87.5 Å². The van der Waals surface area contributed by atoms with Crippen molar-refractivity contribution in [2.75, 3.05) is 27.3 Å². The van der Waals surface area contributed by atoms with Crippen LogP contribution in [0.25, 0.3) is 33.7 Å². The Hall–Kier alpha value is -8.70. The average Bonchev–Trinajstić information content (AvgIpc) is 0.859. The Labute approximate surface area is 552 Å². The van der Waals surface area contributed by atoms with Crippen LogP contribution < -0.4 is 32.1 Å². The predicted molar refractivity (Wildman–Crippen MR) is 362 cm³/mol. The number of carbonyl (C=O) groups is 8. The van der Waals surface area contributed by atoms with Gasteiger partial charge in [0, 0.05) is 50.5 Å². The van der Waals surface area contributed by atoms with E-state index in [1.54, 1.807) is 98.2 Å². The topological polar surface area (TPSA) is 278 Å². The fourth-order valence-corrected chi connectivity index (χ4v) is 10.9. The van der Waals surface area contributed by atoms with E-state index in [9.17, 15) is 38.4 Å². The number of aryl methyl sites for hydroxylation is 1. The lowest BCUT2D eigenvalue weighted by atomic mass is 10.0. The molecular weight excluding hydrogens is 1200 g/mol. The van der Waals surface area contributed by atoms with Crippen LogP contribution in [-0.2, 0) is 57.3 Å². The molecule has 3 aromatic carbocycles. The molecule has 94 heavy (non-hydrogen) atoms. The lowest BCUT2D eigenvalue weighted by Crippen LogP contribution is -2.61. The van der Waals surface area contributed by atoms with Gasteiger partial charge in [-0.2, -0.15) is 0 Å². The second kappa shape index (κ2) is 35.5. The number of nitrogens with one attached hydrogen (secondary N) is 6. The van der Waals surface area contributed by atoms with Gasteiger partial charge in [-0.15, -0.1) is 0 Å². The molecular formula is C72H96N10O12. The minimum absolute atomic E-state index is 0.219. The van der Waals surface area contributed by atoms with Gasteiger partial charge in [0.1, 0.15) is 24.2 Å². The largest absolute Gasteiger partial charge is 0.452 e. The van der Waals surface area contributed by atoms with Crippen LogP contribution in [0.1, 0.15) is 142 Å².